The average Bonchev–Trinajstić information content (AvgIpc) is 3.38. The van der Waals surface area contributed by atoms with E-state index >= 15 is 0 Å². The number of aryl methyl sites for hydroxylation is 1. The minimum Gasteiger partial charge on any atom is -0.362 e. The lowest BCUT2D eigenvalue weighted by atomic mass is 9.97. The quantitative estimate of drug-likeness (QED) is 0.487. The Kier molecular flexibility index (Phi) is 6.34. The number of nitrogens with one attached hydrogen (secondary N) is 2. The topological polar surface area (TPSA) is 76.8 Å². The molecule has 2 N–H and O–H groups in total. The molecule has 0 unspecified atom stereocenters. The van der Waals surface area contributed by atoms with Gasteiger partial charge in [0.15, 0.2) is 11.7 Å². The van der Waals surface area contributed by atoms with E-state index in [4.69, 9.17) is 23.2 Å². The number of carbonyl (C=O) groups excluding carboxylic acids is 1. The van der Waals surface area contributed by atoms with E-state index < -0.39 is 24.2 Å². The zero-order valence-corrected chi connectivity index (χ0v) is 18.1. The lowest BCUT2D eigenvalue weighted by Gasteiger charge is -2.33. The van der Waals surface area contributed by atoms with E-state index in [1.165, 1.54) is 0 Å². The Bertz CT molecular complexity index is 1080. The fourth-order valence-corrected chi connectivity index (χ4v) is 4.01. The van der Waals surface area contributed by atoms with Crippen LogP contribution in [0.4, 0.5) is 19.0 Å². The van der Waals surface area contributed by atoms with Gasteiger partial charge in [-0.2, -0.15) is 18.3 Å². The largest absolute Gasteiger partial charge is 0.410 e. The van der Waals surface area contributed by atoms with E-state index in [0.29, 0.717) is 30.1 Å². The average molecular weight is 487 g/mol. The number of carbonyl (C=O) groups is 1. The maximum Gasteiger partial charge on any atom is 0.410 e. The number of nitrogens with zero attached hydrogens (tertiary/aromatic N) is 4. The van der Waals surface area contributed by atoms with Crippen molar-refractivity contribution in [3.63, 3.8) is 0 Å². The van der Waals surface area contributed by atoms with Gasteiger partial charge in [-0.3, -0.25) is 4.79 Å². The van der Waals surface area contributed by atoms with Gasteiger partial charge in [0.2, 0.25) is 0 Å². The van der Waals surface area contributed by atoms with Crippen LogP contribution >= 0.6 is 23.2 Å². The molecule has 2 aromatic heterocycles. The van der Waals surface area contributed by atoms with Crippen LogP contribution in [0.2, 0.25) is 10.0 Å². The minimum absolute atomic E-state index is 0.0382. The molecular formula is C20H19Cl2F3N6O. The predicted molar refractivity (Wildman–Crippen MR) is 114 cm³/mol. The van der Waals surface area contributed by atoms with Crippen LogP contribution in [0.3, 0.4) is 0 Å². The monoisotopic (exact) mass is 486 g/mol. The van der Waals surface area contributed by atoms with Crippen LogP contribution < -0.4 is 10.6 Å². The van der Waals surface area contributed by atoms with Crippen LogP contribution in [0.1, 0.15) is 41.0 Å². The van der Waals surface area contributed by atoms with Gasteiger partial charge in [-0.05, 0) is 24.1 Å². The van der Waals surface area contributed by atoms with Crippen molar-refractivity contribution >= 4 is 34.9 Å². The molecule has 4 rings (SSSR count). The Morgan fingerprint density at radius 3 is 2.66 bits per heavy atom. The van der Waals surface area contributed by atoms with Crippen molar-refractivity contribution in [3.05, 3.63) is 64.3 Å². The third-order valence-electron chi connectivity index (χ3n) is 5.22. The first-order valence-electron chi connectivity index (χ1n) is 9.84. The van der Waals surface area contributed by atoms with Crippen LogP contribution in [0.25, 0.3) is 0 Å². The number of fused-ring (bicyclic) bond motifs is 1. The molecule has 7 nitrogen and oxygen atoms in total. The molecule has 1 aliphatic rings. The van der Waals surface area contributed by atoms with Crippen molar-refractivity contribution in [2.24, 2.45) is 0 Å². The fraction of sp³-hybridized carbons (Fsp3) is 0.350. The number of anilines is 1. The summed E-state index contributed by atoms with van der Waals surface area (Å²) >= 11 is 12.2. The van der Waals surface area contributed by atoms with Crippen molar-refractivity contribution in [3.8, 4) is 0 Å². The van der Waals surface area contributed by atoms with E-state index in [2.05, 4.69) is 20.7 Å². The van der Waals surface area contributed by atoms with E-state index in [-0.39, 0.29) is 23.0 Å². The summed E-state index contributed by atoms with van der Waals surface area (Å²) in [5, 5.41) is 9.91. The highest BCUT2D eigenvalue weighted by Crippen LogP contribution is 2.46. The molecule has 0 radical (unpaired) electrons. The summed E-state index contributed by atoms with van der Waals surface area (Å²) in [7, 11) is 0. The third-order valence-corrected chi connectivity index (χ3v) is 5.83. The normalized spacial score (nSPS) is 18.2. The highest BCUT2D eigenvalue weighted by molar-refractivity contribution is 6.36. The van der Waals surface area contributed by atoms with E-state index in [1.807, 2.05) is 4.57 Å². The SMILES string of the molecule is O=C(NCCCn1ccnc1)c1nn2c(c1Cl)N[C@H](c1ccc(Cl)cc1)C[C@@H]2C(F)(F)F. The Morgan fingerprint density at radius 2 is 2.00 bits per heavy atom. The fourth-order valence-electron chi connectivity index (χ4n) is 3.61. The van der Waals surface area contributed by atoms with E-state index in [1.54, 1.807) is 43.0 Å². The first-order valence-corrected chi connectivity index (χ1v) is 10.6. The molecule has 3 aromatic rings. The summed E-state index contributed by atoms with van der Waals surface area (Å²) in [5.41, 5.74) is 0.375. The van der Waals surface area contributed by atoms with Crippen molar-refractivity contribution in [2.75, 3.05) is 11.9 Å². The molecule has 170 valence electrons. The molecule has 0 saturated carbocycles. The van der Waals surface area contributed by atoms with Crippen LogP contribution in [-0.4, -0.2) is 38.0 Å². The summed E-state index contributed by atoms with van der Waals surface area (Å²) in [5.74, 6) is -0.669. The molecule has 12 heteroatoms. The van der Waals surface area contributed by atoms with Crippen molar-refractivity contribution in [2.45, 2.75) is 37.6 Å². The maximum absolute atomic E-state index is 13.8. The summed E-state index contributed by atoms with van der Waals surface area (Å²) in [6.45, 7) is 0.938. The first kappa shape index (κ1) is 22.5. The summed E-state index contributed by atoms with van der Waals surface area (Å²) in [6.07, 6.45) is 0.826. The lowest BCUT2D eigenvalue weighted by molar-refractivity contribution is -0.173. The zero-order chi connectivity index (χ0) is 22.9. The second kappa shape index (κ2) is 9.03. The standard InChI is InChI=1S/C20H19Cl2F3N6O/c21-13-4-2-12(3-5-13)14-10-15(20(23,24)25)31-18(28-14)16(22)17(29-31)19(32)27-6-1-8-30-9-7-26-11-30/h2-5,7,9,11,14-15,28H,1,6,8,10H2,(H,27,32)/t14-,15+/m0/s1. The number of benzene rings is 1. The number of hydrogen-bond acceptors (Lipinski definition) is 4. The van der Waals surface area contributed by atoms with Gasteiger partial charge in [0.25, 0.3) is 5.91 Å². The molecule has 0 spiro atoms. The predicted octanol–water partition coefficient (Wildman–Crippen LogP) is 4.87. The molecule has 3 heterocycles. The van der Waals surface area contributed by atoms with Crippen molar-refractivity contribution < 1.29 is 18.0 Å². The van der Waals surface area contributed by atoms with E-state index in [0.717, 1.165) is 4.68 Å². The van der Waals surface area contributed by atoms with Crippen LogP contribution in [0.15, 0.2) is 43.0 Å². The van der Waals surface area contributed by atoms with Gasteiger partial charge in [0.1, 0.15) is 10.8 Å². The molecule has 0 bridgehead atoms. The molecular weight excluding hydrogens is 468 g/mol. The third kappa shape index (κ3) is 4.71. The second-order valence-corrected chi connectivity index (χ2v) is 8.22. The van der Waals surface area contributed by atoms with Crippen LogP contribution in [-0.2, 0) is 6.54 Å². The number of rotatable bonds is 6. The van der Waals surface area contributed by atoms with Gasteiger partial charge in [-0.1, -0.05) is 35.3 Å². The van der Waals surface area contributed by atoms with Gasteiger partial charge in [0.05, 0.1) is 12.4 Å². The molecule has 32 heavy (non-hydrogen) atoms. The number of alkyl halides is 3. The molecule has 1 aliphatic heterocycles. The number of hydrogen-bond donors (Lipinski definition) is 2. The smallest absolute Gasteiger partial charge is 0.362 e. The summed E-state index contributed by atoms with van der Waals surface area (Å²) < 4.78 is 44.1. The highest BCUT2D eigenvalue weighted by Gasteiger charge is 2.47. The van der Waals surface area contributed by atoms with E-state index in [9.17, 15) is 18.0 Å². The maximum atomic E-state index is 13.8. The summed E-state index contributed by atoms with van der Waals surface area (Å²) in [4.78, 5) is 16.5. The van der Waals surface area contributed by atoms with Gasteiger partial charge in [-0.15, -0.1) is 0 Å². The van der Waals surface area contributed by atoms with Crippen molar-refractivity contribution in [1.29, 1.82) is 0 Å². The van der Waals surface area contributed by atoms with Crippen LogP contribution in [0.5, 0.6) is 0 Å². The Labute approximate surface area is 191 Å². The second-order valence-electron chi connectivity index (χ2n) is 7.41. The Balaban J connectivity index is 1.53. The molecule has 1 amide bonds. The molecule has 0 saturated heterocycles. The first-order chi connectivity index (χ1) is 15.2. The molecule has 0 fully saturated rings. The molecule has 1 aromatic carbocycles. The van der Waals surface area contributed by atoms with Gasteiger partial charge in [0, 0.05) is 36.9 Å². The lowest BCUT2D eigenvalue weighted by Crippen LogP contribution is -2.36. The number of imidazole rings is 1. The molecule has 0 aliphatic carbocycles. The number of halogens is 5. The van der Waals surface area contributed by atoms with Gasteiger partial charge in [-0.25, -0.2) is 9.67 Å². The Morgan fingerprint density at radius 1 is 1.25 bits per heavy atom. The zero-order valence-electron chi connectivity index (χ0n) is 16.6. The van der Waals surface area contributed by atoms with Gasteiger partial charge < -0.3 is 15.2 Å². The van der Waals surface area contributed by atoms with Gasteiger partial charge >= 0.3 is 6.18 Å². The highest BCUT2D eigenvalue weighted by atomic mass is 35.5. The molecule has 2 atom stereocenters. The Hall–Kier alpha value is -2.72. The summed E-state index contributed by atoms with van der Waals surface area (Å²) in [6, 6.07) is 3.92. The number of aromatic nitrogens is 4. The minimum atomic E-state index is -4.57. The van der Waals surface area contributed by atoms with Crippen molar-refractivity contribution in [1.82, 2.24) is 24.6 Å². The number of amides is 1. The van der Waals surface area contributed by atoms with Crippen LogP contribution in [0, 0.1) is 0 Å².